The van der Waals surface area contributed by atoms with E-state index in [0.717, 1.165) is 80.0 Å². The van der Waals surface area contributed by atoms with Crippen LogP contribution in [0, 0.1) is 0 Å². The molecule has 1 aromatic heterocycles. The summed E-state index contributed by atoms with van der Waals surface area (Å²) in [4.78, 5) is 18.0. The topological polar surface area (TPSA) is 57.4 Å². The largest absolute Gasteiger partial charge is 0.385 e. The molecule has 0 unspecified atom stereocenters. The molecule has 5 rings (SSSR count). The average molecular weight is 389 g/mol. The van der Waals surface area contributed by atoms with E-state index in [2.05, 4.69) is 39.5 Å². The maximum Gasteiger partial charge on any atom is 0.256 e. The minimum absolute atomic E-state index is 0.00494. The van der Waals surface area contributed by atoms with Crippen molar-refractivity contribution < 1.29 is 4.74 Å². The summed E-state index contributed by atoms with van der Waals surface area (Å²) in [6.45, 7) is 6.01. The molecule has 0 amide bonds. The molecule has 2 aliphatic rings. The Bertz CT molecular complexity index is 1080. The van der Waals surface area contributed by atoms with E-state index in [1.807, 2.05) is 18.2 Å². The number of nitrogens with zero attached hydrogens (tertiary/aromatic N) is 1. The van der Waals surface area contributed by atoms with Crippen LogP contribution in [0.15, 0.2) is 47.3 Å². The van der Waals surface area contributed by atoms with Crippen LogP contribution < -0.4 is 10.9 Å². The Balaban J connectivity index is 1.24. The number of H-pyrrole nitrogens is 1. The highest BCUT2D eigenvalue weighted by atomic mass is 16.5. The van der Waals surface area contributed by atoms with Gasteiger partial charge in [-0.2, -0.15) is 0 Å². The van der Waals surface area contributed by atoms with E-state index in [9.17, 15) is 4.79 Å². The van der Waals surface area contributed by atoms with Crippen molar-refractivity contribution in [2.24, 2.45) is 0 Å². The number of unbranched alkanes of at least 4 members (excludes halogenated alkanes) is 1. The number of ether oxygens (including phenoxy) is 1. The van der Waals surface area contributed by atoms with Crippen molar-refractivity contribution in [2.75, 3.05) is 44.7 Å². The molecule has 2 aromatic carbocycles. The van der Waals surface area contributed by atoms with Crippen LogP contribution in [0.25, 0.3) is 22.0 Å². The molecule has 0 spiro atoms. The number of hydrogen-bond donors (Lipinski definition) is 2. The van der Waals surface area contributed by atoms with Crippen molar-refractivity contribution in [3.8, 4) is 11.3 Å². The molecule has 29 heavy (non-hydrogen) atoms. The molecule has 5 heteroatoms. The zero-order valence-electron chi connectivity index (χ0n) is 16.7. The molecule has 2 heterocycles. The van der Waals surface area contributed by atoms with Gasteiger partial charge in [0.2, 0.25) is 0 Å². The second-order valence-electron chi connectivity index (χ2n) is 7.99. The summed E-state index contributed by atoms with van der Waals surface area (Å²) in [5.74, 6) is 0. The van der Waals surface area contributed by atoms with E-state index in [4.69, 9.17) is 4.74 Å². The Morgan fingerprint density at radius 2 is 1.86 bits per heavy atom. The highest BCUT2D eigenvalue weighted by Crippen LogP contribution is 2.38. The summed E-state index contributed by atoms with van der Waals surface area (Å²) in [6.07, 6.45) is 3.23. The normalized spacial score (nSPS) is 16.0. The van der Waals surface area contributed by atoms with E-state index in [0.29, 0.717) is 0 Å². The maximum absolute atomic E-state index is 12.5. The zero-order valence-corrected chi connectivity index (χ0v) is 16.7. The van der Waals surface area contributed by atoms with Gasteiger partial charge in [-0.25, -0.2) is 0 Å². The van der Waals surface area contributed by atoms with Gasteiger partial charge >= 0.3 is 0 Å². The summed E-state index contributed by atoms with van der Waals surface area (Å²) >= 11 is 0. The third-order valence-electron chi connectivity index (χ3n) is 6.11. The van der Waals surface area contributed by atoms with Gasteiger partial charge in [0.15, 0.2) is 0 Å². The van der Waals surface area contributed by atoms with Gasteiger partial charge in [0.1, 0.15) is 0 Å². The maximum atomic E-state index is 12.5. The molecule has 1 aliphatic heterocycles. The number of hydrogen-bond acceptors (Lipinski definition) is 4. The highest BCUT2D eigenvalue weighted by molar-refractivity contribution is 5.93. The van der Waals surface area contributed by atoms with Gasteiger partial charge in [-0.05, 0) is 54.1 Å². The second kappa shape index (κ2) is 8.01. The Hall–Kier alpha value is -2.63. The molecule has 5 nitrogen and oxygen atoms in total. The summed E-state index contributed by atoms with van der Waals surface area (Å²) in [5, 5.41) is 5.42. The number of benzene rings is 2. The van der Waals surface area contributed by atoms with Crippen LogP contribution in [0.3, 0.4) is 0 Å². The van der Waals surface area contributed by atoms with Crippen molar-refractivity contribution in [2.45, 2.75) is 19.3 Å². The first kappa shape index (κ1) is 18.4. The van der Waals surface area contributed by atoms with Crippen molar-refractivity contribution in [1.29, 1.82) is 0 Å². The lowest BCUT2D eigenvalue weighted by atomic mass is 10.0. The average Bonchev–Trinajstić information content (AvgIpc) is 3.12. The Morgan fingerprint density at radius 1 is 1.03 bits per heavy atom. The van der Waals surface area contributed by atoms with Crippen molar-refractivity contribution in [3.63, 3.8) is 0 Å². The number of morpholine rings is 1. The third-order valence-corrected chi connectivity index (χ3v) is 6.11. The Kier molecular flexibility index (Phi) is 5.08. The first-order valence-corrected chi connectivity index (χ1v) is 10.6. The molecule has 2 N–H and O–H groups in total. The lowest BCUT2D eigenvalue weighted by Gasteiger charge is -2.26. The van der Waals surface area contributed by atoms with Crippen molar-refractivity contribution in [1.82, 2.24) is 9.88 Å². The summed E-state index contributed by atoms with van der Waals surface area (Å²) < 4.78 is 5.40. The fourth-order valence-corrected chi connectivity index (χ4v) is 4.55. The molecule has 150 valence electrons. The monoisotopic (exact) mass is 389 g/mol. The van der Waals surface area contributed by atoms with Crippen molar-refractivity contribution in [3.05, 3.63) is 63.9 Å². The van der Waals surface area contributed by atoms with E-state index in [1.54, 1.807) is 0 Å². The second-order valence-corrected chi connectivity index (χ2v) is 7.99. The van der Waals surface area contributed by atoms with Gasteiger partial charge in [-0.1, -0.05) is 24.3 Å². The van der Waals surface area contributed by atoms with Crippen LogP contribution >= 0.6 is 0 Å². The fraction of sp³-hybridized carbons (Fsp3) is 0.375. The summed E-state index contributed by atoms with van der Waals surface area (Å²) in [7, 11) is 0. The number of aromatic amines is 1. The molecule has 0 radical (unpaired) electrons. The van der Waals surface area contributed by atoms with Crippen LogP contribution in [0.2, 0.25) is 0 Å². The molecule has 0 saturated carbocycles. The van der Waals surface area contributed by atoms with Crippen LogP contribution in [0.4, 0.5) is 5.69 Å². The molecule has 0 bridgehead atoms. The zero-order chi connectivity index (χ0) is 19.6. The molecule has 1 saturated heterocycles. The number of pyridine rings is 1. The standard InChI is InChI=1S/C24H27N3O2/c28-24-21-6-2-1-5-20(21)22-16-17-15-18(7-8-19(17)23(22)26-24)25-9-3-4-10-27-11-13-29-14-12-27/h1-2,5-8,15,25H,3-4,9-14,16H2,(H,26,28). The molecule has 1 aliphatic carbocycles. The number of anilines is 1. The minimum atomic E-state index is -0.00494. The molecular formula is C24H27N3O2. The summed E-state index contributed by atoms with van der Waals surface area (Å²) in [6, 6.07) is 14.4. The number of nitrogens with one attached hydrogen (secondary N) is 2. The summed E-state index contributed by atoms with van der Waals surface area (Å²) in [5.41, 5.74) is 5.81. The highest BCUT2D eigenvalue weighted by Gasteiger charge is 2.22. The van der Waals surface area contributed by atoms with Crippen molar-refractivity contribution >= 4 is 16.5 Å². The van der Waals surface area contributed by atoms with Crippen LogP contribution in [0.1, 0.15) is 24.0 Å². The van der Waals surface area contributed by atoms with Gasteiger partial charge in [0.05, 0.1) is 18.9 Å². The molecule has 3 aromatic rings. The van der Waals surface area contributed by atoms with Crippen LogP contribution in [0.5, 0.6) is 0 Å². The third kappa shape index (κ3) is 3.68. The van der Waals surface area contributed by atoms with Crippen LogP contribution in [-0.2, 0) is 11.2 Å². The van der Waals surface area contributed by atoms with Gasteiger partial charge < -0.3 is 15.0 Å². The van der Waals surface area contributed by atoms with Gasteiger partial charge in [-0.15, -0.1) is 0 Å². The van der Waals surface area contributed by atoms with E-state index in [-0.39, 0.29) is 5.56 Å². The number of aromatic nitrogens is 1. The lowest BCUT2D eigenvalue weighted by molar-refractivity contribution is 0.0373. The van der Waals surface area contributed by atoms with Gasteiger partial charge in [0.25, 0.3) is 5.56 Å². The quantitative estimate of drug-likeness (QED) is 0.495. The van der Waals surface area contributed by atoms with Gasteiger partial charge in [-0.3, -0.25) is 9.69 Å². The molecule has 0 atom stereocenters. The molecule has 1 fully saturated rings. The minimum Gasteiger partial charge on any atom is -0.385 e. The number of rotatable bonds is 6. The smallest absolute Gasteiger partial charge is 0.256 e. The fourth-order valence-electron chi connectivity index (χ4n) is 4.55. The molecular weight excluding hydrogens is 362 g/mol. The lowest BCUT2D eigenvalue weighted by Crippen LogP contribution is -2.36. The Labute approximate surface area is 170 Å². The van der Waals surface area contributed by atoms with E-state index in [1.165, 1.54) is 17.5 Å². The Morgan fingerprint density at radius 3 is 2.72 bits per heavy atom. The van der Waals surface area contributed by atoms with Gasteiger partial charge in [0, 0.05) is 42.7 Å². The van der Waals surface area contributed by atoms with E-state index >= 15 is 0 Å². The SMILES string of the molecule is O=c1[nH]c2c(c3ccccc13)Cc1cc(NCCCCN3CCOCC3)ccc1-2. The number of fused-ring (bicyclic) bond motifs is 5. The predicted molar refractivity (Wildman–Crippen MR) is 118 cm³/mol. The first-order valence-electron chi connectivity index (χ1n) is 10.6. The van der Waals surface area contributed by atoms with Crippen LogP contribution in [-0.4, -0.2) is 49.3 Å². The van der Waals surface area contributed by atoms with E-state index < -0.39 is 0 Å². The first-order chi connectivity index (χ1) is 14.3. The predicted octanol–water partition coefficient (Wildman–Crippen LogP) is 3.62.